The SMILES string of the molecule is IN1c2ccccc2CCC2CCCCC21. The molecule has 1 fully saturated rings. The van der Waals surface area contributed by atoms with Crippen molar-refractivity contribution in [2.24, 2.45) is 5.92 Å². The molecule has 0 radical (unpaired) electrons. The third-order valence-electron chi connectivity index (χ3n) is 4.17. The van der Waals surface area contributed by atoms with Crippen LogP contribution in [-0.2, 0) is 6.42 Å². The van der Waals surface area contributed by atoms with E-state index in [1.165, 1.54) is 44.2 Å². The van der Waals surface area contributed by atoms with E-state index in [4.69, 9.17) is 0 Å². The van der Waals surface area contributed by atoms with Gasteiger partial charge in [0.25, 0.3) is 0 Å². The molecule has 1 saturated carbocycles. The van der Waals surface area contributed by atoms with Crippen molar-refractivity contribution < 1.29 is 0 Å². The van der Waals surface area contributed by atoms with E-state index in [9.17, 15) is 0 Å². The minimum absolute atomic E-state index is 0.790. The van der Waals surface area contributed by atoms with Gasteiger partial charge in [-0.2, -0.15) is 0 Å². The van der Waals surface area contributed by atoms with Crippen LogP contribution in [0.4, 0.5) is 5.69 Å². The highest BCUT2D eigenvalue weighted by Gasteiger charge is 2.32. The Labute approximate surface area is 112 Å². The zero-order chi connectivity index (χ0) is 11.0. The molecule has 1 nitrogen and oxygen atoms in total. The molecule has 0 spiro atoms. The Bertz CT molecular complexity index is 377. The Morgan fingerprint density at radius 1 is 1.06 bits per heavy atom. The van der Waals surface area contributed by atoms with Gasteiger partial charge in [0.05, 0.1) is 22.9 Å². The van der Waals surface area contributed by atoms with Crippen LogP contribution in [0.15, 0.2) is 24.3 Å². The van der Waals surface area contributed by atoms with Crippen molar-refractivity contribution in [3.63, 3.8) is 0 Å². The van der Waals surface area contributed by atoms with Crippen molar-refractivity contribution in [3.8, 4) is 0 Å². The van der Waals surface area contributed by atoms with Crippen molar-refractivity contribution in [1.82, 2.24) is 0 Å². The number of fused-ring (bicyclic) bond motifs is 2. The number of para-hydroxylation sites is 1. The van der Waals surface area contributed by atoms with Gasteiger partial charge in [-0.1, -0.05) is 31.0 Å². The van der Waals surface area contributed by atoms with Crippen LogP contribution in [0.25, 0.3) is 0 Å². The zero-order valence-corrected chi connectivity index (χ0v) is 11.7. The van der Waals surface area contributed by atoms with E-state index in [1.54, 1.807) is 5.56 Å². The Kier molecular flexibility index (Phi) is 3.09. The lowest BCUT2D eigenvalue weighted by molar-refractivity contribution is 0.305. The number of anilines is 1. The van der Waals surface area contributed by atoms with Crippen LogP contribution < -0.4 is 3.11 Å². The van der Waals surface area contributed by atoms with Gasteiger partial charge in [-0.3, -0.25) is 0 Å². The molecule has 3 rings (SSSR count). The number of nitrogens with zero attached hydrogens (tertiary/aromatic N) is 1. The molecule has 1 aromatic rings. The summed E-state index contributed by atoms with van der Waals surface area (Å²) in [5.74, 6) is 0.929. The molecule has 1 heterocycles. The van der Waals surface area contributed by atoms with Crippen LogP contribution in [0, 0.1) is 5.92 Å². The molecule has 0 N–H and O–H groups in total. The van der Waals surface area contributed by atoms with E-state index < -0.39 is 0 Å². The van der Waals surface area contributed by atoms with Crippen molar-refractivity contribution in [1.29, 1.82) is 0 Å². The van der Waals surface area contributed by atoms with Crippen molar-refractivity contribution in [3.05, 3.63) is 29.8 Å². The van der Waals surface area contributed by atoms with E-state index >= 15 is 0 Å². The highest BCUT2D eigenvalue weighted by molar-refractivity contribution is 14.1. The minimum atomic E-state index is 0.790. The Morgan fingerprint density at radius 3 is 2.81 bits per heavy atom. The minimum Gasteiger partial charge on any atom is -0.311 e. The van der Waals surface area contributed by atoms with Crippen LogP contribution in [0.1, 0.15) is 37.7 Å². The molecule has 86 valence electrons. The topological polar surface area (TPSA) is 3.24 Å². The van der Waals surface area contributed by atoms with Gasteiger partial charge in [-0.25, -0.2) is 0 Å². The highest BCUT2D eigenvalue weighted by atomic mass is 127. The van der Waals surface area contributed by atoms with E-state index in [0.717, 1.165) is 12.0 Å². The van der Waals surface area contributed by atoms with Gasteiger partial charge in [0.15, 0.2) is 0 Å². The first-order valence-electron chi connectivity index (χ1n) is 6.39. The molecule has 2 aliphatic rings. The summed E-state index contributed by atoms with van der Waals surface area (Å²) in [6.45, 7) is 0. The van der Waals surface area contributed by atoms with E-state index in [1.807, 2.05) is 0 Å². The number of aryl methyl sites for hydroxylation is 1. The summed E-state index contributed by atoms with van der Waals surface area (Å²) in [6, 6.07) is 9.74. The van der Waals surface area contributed by atoms with Crippen molar-refractivity contribution in [2.75, 3.05) is 3.11 Å². The van der Waals surface area contributed by atoms with Crippen molar-refractivity contribution >= 4 is 28.6 Å². The molecule has 2 atom stereocenters. The maximum Gasteiger partial charge on any atom is 0.0594 e. The van der Waals surface area contributed by atoms with Gasteiger partial charge in [0.2, 0.25) is 0 Å². The van der Waals surface area contributed by atoms with Gasteiger partial charge < -0.3 is 3.11 Å². The lowest BCUT2D eigenvalue weighted by Crippen LogP contribution is -2.35. The fourth-order valence-corrected chi connectivity index (χ4v) is 4.48. The molecule has 1 aromatic carbocycles. The molecule has 2 unspecified atom stereocenters. The first-order chi connectivity index (χ1) is 7.86. The molecule has 0 amide bonds. The second kappa shape index (κ2) is 4.55. The average Bonchev–Trinajstić information content (AvgIpc) is 2.49. The van der Waals surface area contributed by atoms with Crippen LogP contribution in [0.3, 0.4) is 0 Å². The second-order valence-electron chi connectivity index (χ2n) is 5.09. The summed E-state index contributed by atoms with van der Waals surface area (Å²) >= 11 is 2.54. The molecule has 0 saturated heterocycles. The summed E-state index contributed by atoms with van der Waals surface area (Å²) in [4.78, 5) is 0. The maximum atomic E-state index is 2.54. The fourth-order valence-electron chi connectivity index (χ4n) is 3.27. The van der Waals surface area contributed by atoms with E-state index in [2.05, 4.69) is 50.2 Å². The van der Waals surface area contributed by atoms with Crippen LogP contribution >= 0.6 is 22.9 Å². The summed E-state index contributed by atoms with van der Waals surface area (Å²) in [7, 11) is 0. The molecule has 1 aliphatic carbocycles. The van der Waals surface area contributed by atoms with Gasteiger partial charge in [0, 0.05) is 11.7 Å². The normalized spacial score (nSPS) is 29.2. The third-order valence-corrected chi connectivity index (χ3v) is 5.40. The Balaban J connectivity index is 1.96. The first kappa shape index (κ1) is 10.9. The predicted octanol–water partition coefficient (Wildman–Crippen LogP) is 4.35. The quantitative estimate of drug-likeness (QED) is 0.506. The lowest BCUT2D eigenvalue weighted by atomic mass is 9.82. The van der Waals surface area contributed by atoms with Gasteiger partial charge in [-0.15, -0.1) is 0 Å². The van der Waals surface area contributed by atoms with Crippen LogP contribution in [0.5, 0.6) is 0 Å². The largest absolute Gasteiger partial charge is 0.311 e. The fraction of sp³-hybridized carbons (Fsp3) is 0.571. The Hall–Kier alpha value is -0.250. The average molecular weight is 327 g/mol. The summed E-state index contributed by atoms with van der Waals surface area (Å²) in [6.07, 6.45) is 8.36. The number of benzene rings is 1. The highest BCUT2D eigenvalue weighted by Crippen LogP contribution is 2.40. The molecular formula is C14H18IN. The van der Waals surface area contributed by atoms with Crippen LogP contribution in [-0.4, -0.2) is 6.04 Å². The molecular weight excluding hydrogens is 309 g/mol. The second-order valence-corrected chi connectivity index (χ2v) is 6.13. The smallest absolute Gasteiger partial charge is 0.0594 e. The third kappa shape index (κ3) is 1.85. The van der Waals surface area contributed by atoms with Gasteiger partial charge in [-0.05, 0) is 43.2 Å². The molecule has 16 heavy (non-hydrogen) atoms. The van der Waals surface area contributed by atoms with E-state index in [-0.39, 0.29) is 0 Å². The summed E-state index contributed by atoms with van der Waals surface area (Å²) in [5.41, 5.74) is 3.02. The number of halogens is 1. The first-order valence-corrected chi connectivity index (χ1v) is 7.35. The monoisotopic (exact) mass is 327 g/mol. The molecule has 0 bridgehead atoms. The van der Waals surface area contributed by atoms with Gasteiger partial charge >= 0.3 is 0 Å². The molecule has 0 aromatic heterocycles. The number of rotatable bonds is 0. The van der Waals surface area contributed by atoms with Gasteiger partial charge in [0.1, 0.15) is 0 Å². The van der Waals surface area contributed by atoms with Crippen LogP contribution in [0.2, 0.25) is 0 Å². The summed E-state index contributed by atoms with van der Waals surface area (Å²) in [5, 5.41) is 0. The standard InChI is InChI=1S/C14H18IN/c15-16-13-7-3-1-5-11(13)9-10-12-6-2-4-8-14(12)16/h1,3,5,7,12,14H,2,4,6,8-10H2. The maximum absolute atomic E-state index is 2.54. The molecule has 1 aliphatic heterocycles. The molecule has 2 heteroatoms. The summed E-state index contributed by atoms with van der Waals surface area (Å²) < 4.78 is 2.53. The predicted molar refractivity (Wildman–Crippen MR) is 77.0 cm³/mol. The lowest BCUT2D eigenvalue weighted by Gasteiger charge is -2.36. The van der Waals surface area contributed by atoms with Crippen molar-refractivity contribution in [2.45, 2.75) is 44.6 Å². The number of hydrogen-bond acceptors (Lipinski definition) is 1. The zero-order valence-electron chi connectivity index (χ0n) is 9.53. The van der Waals surface area contributed by atoms with E-state index in [0.29, 0.717) is 0 Å². The number of hydrogen-bond donors (Lipinski definition) is 0. The Morgan fingerprint density at radius 2 is 1.88 bits per heavy atom.